The van der Waals surface area contributed by atoms with Gasteiger partial charge in [0.1, 0.15) is 11.6 Å². The molecule has 3 atom stereocenters. The Kier molecular flexibility index (Phi) is 12.4. The molecule has 2 aliphatic rings. The summed E-state index contributed by atoms with van der Waals surface area (Å²) in [5.74, 6) is -0.369. The zero-order valence-corrected chi connectivity index (χ0v) is 29.3. The van der Waals surface area contributed by atoms with Crippen LogP contribution in [0.3, 0.4) is 0 Å². The highest BCUT2D eigenvalue weighted by molar-refractivity contribution is 6.42. The zero-order chi connectivity index (χ0) is 34.2. The molecular weight excluding hydrogens is 641 g/mol. The highest BCUT2D eigenvalue weighted by Crippen LogP contribution is 2.35. The van der Waals surface area contributed by atoms with Gasteiger partial charge in [0.15, 0.2) is 0 Å². The number of ether oxygens (including phenoxy) is 1. The molecule has 5 amide bonds. The van der Waals surface area contributed by atoms with E-state index in [1.165, 1.54) is 0 Å². The van der Waals surface area contributed by atoms with Crippen molar-refractivity contribution >= 4 is 47.1 Å². The first kappa shape index (κ1) is 36.3. The van der Waals surface area contributed by atoms with Crippen molar-refractivity contribution < 1.29 is 23.9 Å². The lowest BCUT2D eigenvalue weighted by atomic mass is 9.74. The number of likely N-dealkylation sites (tertiary alicyclic amines) is 2. The second-order valence-electron chi connectivity index (χ2n) is 13.6. The molecule has 2 fully saturated rings. The smallest absolute Gasteiger partial charge is 0.410 e. The summed E-state index contributed by atoms with van der Waals surface area (Å²) in [6.07, 6.45) is 2.90. The fourth-order valence-corrected chi connectivity index (χ4v) is 6.68. The van der Waals surface area contributed by atoms with E-state index in [4.69, 9.17) is 27.9 Å². The van der Waals surface area contributed by atoms with Gasteiger partial charge in [-0.3, -0.25) is 9.59 Å². The third-order valence-electron chi connectivity index (χ3n) is 8.53. The summed E-state index contributed by atoms with van der Waals surface area (Å²) in [5, 5.41) is 9.60. The highest BCUT2D eigenvalue weighted by atomic mass is 35.5. The van der Waals surface area contributed by atoms with Crippen LogP contribution in [-0.2, 0) is 27.2 Å². The van der Waals surface area contributed by atoms with Crippen LogP contribution < -0.4 is 16.0 Å². The Morgan fingerprint density at radius 2 is 1.70 bits per heavy atom. The van der Waals surface area contributed by atoms with Gasteiger partial charge in [-0.05, 0) is 83.1 Å². The van der Waals surface area contributed by atoms with E-state index in [1.54, 1.807) is 28.0 Å². The lowest BCUT2D eigenvalue weighted by Gasteiger charge is -2.43. The molecule has 256 valence electrons. The first-order valence-corrected chi connectivity index (χ1v) is 17.1. The average molecular weight is 689 g/mol. The molecule has 0 radical (unpaired) electrons. The number of nitrogens with one attached hydrogen (secondary N) is 3. The SMILES string of the molecule is CCNC(=O)[C@]1(Cc2ccccc2)CCCN(C(=O)C(Cc2ccc(Cl)c(Cl)c2)NC(=O)N[C@@H]2CCCN(C(=O)OC(C)(C)C)C2)C1. The van der Waals surface area contributed by atoms with Crippen LogP contribution in [0.15, 0.2) is 48.5 Å². The quantitative estimate of drug-likeness (QED) is 0.318. The number of amides is 5. The largest absolute Gasteiger partial charge is 0.444 e. The maximum atomic E-state index is 14.3. The molecule has 0 spiro atoms. The van der Waals surface area contributed by atoms with Crippen LogP contribution in [0.4, 0.5) is 9.59 Å². The Bertz CT molecular complexity index is 1420. The number of rotatable bonds is 9. The number of hydrogen-bond acceptors (Lipinski definition) is 5. The van der Waals surface area contributed by atoms with Crippen molar-refractivity contribution in [2.45, 2.75) is 83.9 Å². The first-order valence-electron chi connectivity index (χ1n) is 16.4. The van der Waals surface area contributed by atoms with Gasteiger partial charge < -0.3 is 30.5 Å². The van der Waals surface area contributed by atoms with E-state index in [-0.39, 0.29) is 30.8 Å². The maximum absolute atomic E-state index is 14.3. The van der Waals surface area contributed by atoms with Crippen molar-refractivity contribution in [3.05, 3.63) is 69.7 Å². The number of nitrogens with zero attached hydrogens (tertiary/aromatic N) is 2. The third kappa shape index (κ3) is 10.2. The molecule has 12 heteroatoms. The Morgan fingerprint density at radius 1 is 0.979 bits per heavy atom. The van der Waals surface area contributed by atoms with E-state index in [0.717, 1.165) is 11.1 Å². The van der Waals surface area contributed by atoms with Crippen LogP contribution >= 0.6 is 23.2 Å². The molecule has 2 heterocycles. The maximum Gasteiger partial charge on any atom is 0.410 e. The minimum Gasteiger partial charge on any atom is -0.444 e. The fourth-order valence-electron chi connectivity index (χ4n) is 6.36. The second kappa shape index (κ2) is 16.1. The van der Waals surface area contributed by atoms with E-state index < -0.39 is 29.2 Å². The van der Waals surface area contributed by atoms with Crippen molar-refractivity contribution in [3.63, 3.8) is 0 Å². The molecule has 47 heavy (non-hydrogen) atoms. The van der Waals surface area contributed by atoms with Crippen molar-refractivity contribution in [2.75, 3.05) is 32.7 Å². The van der Waals surface area contributed by atoms with Crippen LogP contribution in [0, 0.1) is 5.41 Å². The normalized spacial score (nSPS) is 20.6. The van der Waals surface area contributed by atoms with Gasteiger partial charge in [0.05, 0.1) is 15.5 Å². The molecule has 2 aromatic carbocycles. The molecule has 0 aliphatic carbocycles. The number of halogens is 2. The lowest BCUT2D eigenvalue weighted by Crippen LogP contribution is -2.60. The number of piperidine rings is 2. The van der Waals surface area contributed by atoms with Crippen LogP contribution in [0.1, 0.15) is 64.5 Å². The van der Waals surface area contributed by atoms with E-state index in [1.807, 2.05) is 58.0 Å². The summed E-state index contributed by atoms with van der Waals surface area (Å²) in [6, 6.07) is 13.2. The van der Waals surface area contributed by atoms with Gasteiger partial charge >= 0.3 is 12.1 Å². The van der Waals surface area contributed by atoms with Gasteiger partial charge in [0, 0.05) is 45.2 Å². The predicted octanol–water partition coefficient (Wildman–Crippen LogP) is 5.59. The molecule has 4 rings (SSSR count). The third-order valence-corrected chi connectivity index (χ3v) is 9.27. The van der Waals surface area contributed by atoms with Gasteiger partial charge in [-0.1, -0.05) is 59.6 Å². The fraction of sp³-hybridized carbons (Fsp3) is 0.543. The number of hydrogen-bond donors (Lipinski definition) is 3. The number of benzene rings is 2. The summed E-state index contributed by atoms with van der Waals surface area (Å²) in [5.41, 5.74) is 0.306. The van der Waals surface area contributed by atoms with Gasteiger partial charge in [-0.2, -0.15) is 0 Å². The monoisotopic (exact) mass is 687 g/mol. The van der Waals surface area contributed by atoms with Crippen LogP contribution in [-0.4, -0.2) is 84.1 Å². The lowest BCUT2D eigenvalue weighted by molar-refractivity contribution is -0.142. The second-order valence-corrected chi connectivity index (χ2v) is 14.4. The number of carbonyl (C=O) groups excluding carboxylic acids is 4. The Morgan fingerprint density at radius 3 is 2.38 bits per heavy atom. The summed E-state index contributed by atoms with van der Waals surface area (Å²) in [6.45, 7) is 9.33. The van der Waals surface area contributed by atoms with Crippen LogP contribution in [0.25, 0.3) is 0 Å². The number of carbonyl (C=O) groups is 4. The average Bonchev–Trinajstić information content (AvgIpc) is 3.02. The summed E-state index contributed by atoms with van der Waals surface area (Å²) in [4.78, 5) is 57.3. The molecule has 0 bridgehead atoms. The molecule has 2 saturated heterocycles. The van der Waals surface area contributed by atoms with E-state index in [0.29, 0.717) is 68.3 Å². The molecule has 3 N–H and O–H groups in total. The highest BCUT2D eigenvalue weighted by Gasteiger charge is 2.44. The van der Waals surface area contributed by atoms with E-state index >= 15 is 0 Å². The molecular formula is C35H47Cl2N5O5. The standard InChI is InChI=1S/C35H47Cl2N5O5/c1-5-38-31(44)35(21-24-11-7-6-8-12-24)16-10-18-42(23-35)30(43)29(20-25-14-15-27(36)28(37)19-25)40-32(45)39-26-13-9-17-41(22-26)33(46)47-34(2,3)4/h6-8,11-12,14-15,19,26,29H,5,9-10,13,16-18,20-23H2,1-4H3,(H,38,44)(H2,39,40,45)/t26-,29?,35+/m1/s1. The van der Waals surface area contributed by atoms with Crippen molar-refractivity contribution in [1.29, 1.82) is 0 Å². The van der Waals surface area contributed by atoms with Crippen LogP contribution in [0.5, 0.6) is 0 Å². The van der Waals surface area contributed by atoms with Gasteiger partial charge in [0.2, 0.25) is 11.8 Å². The first-order chi connectivity index (χ1) is 22.3. The molecule has 2 aliphatic heterocycles. The van der Waals surface area contributed by atoms with Crippen molar-refractivity contribution in [1.82, 2.24) is 25.8 Å². The molecule has 2 aromatic rings. The zero-order valence-electron chi connectivity index (χ0n) is 27.7. The molecule has 0 aromatic heterocycles. The van der Waals surface area contributed by atoms with Gasteiger partial charge in [-0.25, -0.2) is 9.59 Å². The Hall–Kier alpha value is -3.50. The van der Waals surface area contributed by atoms with Gasteiger partial charge in [-0.15, -0.1) is 0 Å². The van der Waals surface area contributed by atoms with Crippen molar-refractivity contribution in [2.24, 2.45) is 5.41 Å². The minimum atomic E-state index is -0.945. The van der Waals surface area contributed by atoms with Crippen LogP contribution in [0.2, 0.25) is 10.0 Å². The van der Waals surface area contributed by atoms with E-state index in [2.05, 4.69) is 16.0 Å². The molecule has 1 unspecified atom stereocenters. The summed E-state index contributed by atoms with van der Waals surface area (Å²) in [7, 11) is 0. The van der Waals surface area contributed by atoms with Crippen molar-refractivity contribution in [3.8, 4) is 0 Å². The topological polar surface area (TPSA) is 120 Å². The van der Waals surface area contributed by atoms with Gasteiger partial charge in [0.25, 0.3) is 0 Å². The summed E-state index contributed by atoms with van der Waals surface area (Å²) >= 11 is 12.5. The Labute approximate surface area is 287 Å². The molecule has 10 nitrogen and oxygen atoms in total. The minimum absolute atomic E-state index is 0.0834. The predicted molar refractivity (Wildman–Crippen MR) is 184 cm³/mol. The van der Waals surface area contributed by atoms with E-state index in [9.17, 15) is 19.2 Å². The number of urea groups is 1. The Balaban J connectivity index is 1.52. The summed E-state index contributed by atoms with van der Waals surface area (Å²) < 4.78 is 5.52. The molecule has 0 saturated carbocycles.